The van der Waals surface area contributed by atoms with Gasteiger partial charge in [0.05, 0.1) is 0 Å². The standard InChI is InChI=1S/C23H23NO2/c25-23(14-8-7-11-19-9-3-1-4-10-19)24-20-15-17-22(18-16-20)26-21-12-5-2-6-13-21/h1-6,9-10,12-13,15-18H,7-8,11,14H2,(H,24,25). The maximum absolute atomic E-state index is 12.1. The van der Waals surface area contributed by atoms with Crippen LogP contribution in [0.5, 0.6) is 11.5 Å². The molecule has 3 aromatic carbocycles. The van der Waals surface area contributed by atoms with Crippen molar-refractivity contribution >= 4 is 11.6 Å². The molecule has 0 heterocycles. The number of nitrogens with one attached hydrogen (secondary N) is 1. The summed E-state index contributed by atoms with van der Waals surface area (Å²) in [6, 6.07) is 27.4. The number of hydrogen-bond acceptors (Lipinski definition) is 2. The Bertz CT molecular complexity index is 799. The Morgan fingerprint density at radius 1 is 0.731 bits per heavy atom. The van der Waals surface area contributed by atoms with Crippen molar-refractivity contribution in [2.45, 2.75) is 25.7 Å². The minimum Gasteiger partial charge on any atom is -0.457 e. The average Bonchev–Trinajstić information content (AvgIpc) is 2.68. The van der Waals surface area contributed by atoms with Gasteiger partial charge in [-0.3, -0.25) is 4.79 Å². The van der Waals surface area contributed by atoms with Crippen molar-refractivity contribution in [3.63, 3.8) is 0 Å². The first-order valence-electron chi connectivity index (χ1n) is 8.96. The van der Waals surface area contributed by atoms with Crippen LogP contribution in [0.15, 0.2) is 84.9 Å². The molecule has 0 saturated heterocycles. The maximum Gasteiger partial charge on any atom is 0.224 e. The fourth-order valence-corrected chi connectivity index (χ4v) is 2.71. The number of ether oxygens (including phenoxy) is 1. The van der Waals surface area contributed by atoms with Crippen LogP contribution in [0.1, 0.15) is 24.8 Å². The number of unbranched alkanes of at least 4 members (excludes halogenated alkanes) is 1. The molecular weight excluding hydrogens is 322 g/mol. The van der Waals surface area contributed by atoms with Crippen molar-refractivity contribution in [2.24, 2.45) is 0 Å². The largest absolute Gasteiger partial charge is 0.457 e. The summed E-state index contributed by atoms with van der Waals surface area (Å²) in [7, 11) is 0. The number of aryl methyl sites for hydroxylation is 1. The third kappa shape index (κ3) is 5.78. The Hall–Kier alpha value is -3.07. The minimum absolute atomic E-state index is 0.0507. The molecule has 0 aromatic heterocycles. The average molecular weight is 345 g/mol. The van der Waals surface area contributed by atoms with Gasteiger partial charge >= 0.3 is 0 Å². The second-order valence-corrected chi connectivity index (χ2v) is 6.18. The van der Waals surface area contributed by atoms with Crippen LogP contribution in [0.3, 0.4) is 0 Å². The lowest BCUT2D eigenvalue weighted by atomic mass is 10.1. The van der Waals surface area contributed by atoms with Gasteiger partial charge < -0.3 is 10.1 Å². The van der Waals surface area contributed by atoms with Crippen LogP contribution in [0, 0.1) is 0 Å². The predicted octanol–water partition coefficient (Wildman–Crippen LogP) is 5.83. The van der Waals surface area contributed by atoms with E-state index in [2.05, 4.69) is 17.4 Å². The van der Waals surface area contributed by atoms with Gasteiger partial charge in [-0.15, -0.1) is 0 Å². The summed E-state index contributed by atoms with van der Waals surface area (Å²) in [4.78, 5) is 12.1. The number of carbonyl (C=O) groups excluding carboxylic acids is 1. The fraction of sp³-hybridized carbons (Fsp3) is 0.174. The lowest BCUT2D eigenvalue weighted by Crippen LogP contribution is -2.11. The number of anilines is 1. The summed E-state index contributed by atoms with van der Waals surface area (Å²) in [6.07, 6.45) is 3.45. The van der Waals surface area contributed by atoms with Gasteiger partial charge in [-0.25, -0.2) is 0 Å². The van der Waals surface area contributed by atoms with Crippen molar-refractivity contribution in [2.75, 3.05) is 5.32 Å². The van der Waals surface area contributed by atoms with Crippen LogP contribution in [0.4, 0.5) is 5.69 Å². The van der Waals surface area contributed by atoms with Gasteiger partial charge in [-0.05, 0) is 61.2 Å². The fourth-order valence-electron chi connectivity index (χ4n) is 2.71. The summed E-state index contributed by atoms with van der Waals surface area (Å²) < 4.78 is 5.75. The summed E-state index contributed by atoms with van der Waals surface area (Å²) >= 11 is 0. The Kier molecular flexibility index (Phi) is 6.43. The summed E-state index contributed by atoms with van der Waals surface area (Å²) in [5.41, 5.74) is 2.11. The SMILES string of the molecule is O=C(CCCCc1ccccc1)Nc1ccc(Oc2ccccc2)cc1. The molecule has 0 saturated carbocycles. The topological polar surface area (TPSA) is 38.3 Å². The molecule has 26 heavy (non-hydrogen) atoms. The van der Waals surface area contributed by atoms with Gasteiger partial charge in [-0.1, -0.05) is 48.5 Å². The molecule has 0 atom stereocenters. The highest BCUT2D eigenvalue weighted by molar-refractivity contribution is 5.90. The molecule has 0 unspecified atom stereocenters. The van der Waals surface area contributed by atoms with Gasteiger partial charge in [0, 0.05) is 12.1 Å². The van der Waals surface area contributed by atoms with E-state index >= 15 is 0 Å². The van der Waals surface area contributed by atoms with Crippen molar-refractivity contribution in [1.29, 1.82) is 0 Å². The van der Waals surface area contributed by atoms with E-state index in [0.29, 0.717) is 6.42 Å². The van der Waals surface area contributed by atoms with E-state index in [9.17, 15) is 4.79 Å². The molecule has 3 nitrogen and oxygen atoms in total. The Balaban J connectivity index is 1.40. The van der Waals surface area contributed by atoms with E-state index in [1.54, 1.807) is 0 Å². The van der Waals surface area contributed by atoms with E-state index in [1.165, 1.54) is 5.56 Å². The first-order valence-corrected chi connectivity index (χ1v) is 8.96. The van der Waals surface area contributed by atoms with Gasteiger partial charge in [0.25, 0.3) is 0 Å². The molecule has 3 rings (SSSR count). The first kappa shape index (κ1) is 17.7. The second-order valence-electron chi connectivity index (χ2n) is 6.18. The molecule has 0 bridgehead atoms. The molecule has 1 amide bonds. The quantitative estimate of drug-likeness (QED) is 0.522. The van der Waals surface area contributed by atoms with Gasteiger partial charge in [0.2, 0.25) is 5.91 Å². The third-order valence-corrected chi connectivity index (χ3v) is 4.08. The molecular formula is C23H23NO2. The molecule has 0 spiro atoms. The lowest BCUT2D eigenvalue weighted by molar-refractivity contribution is -0.116. The number of para-hydroxylation sites is 1. The van der Waals surface area contributed by atoms with Gasteiger partial charge in [0.15, 0.2) is 0 Å². The van der Waals surface area contributed by atoms with E-state index < -0.39 is 0 Å². The van der Waals surface area contributed by atoms with Crippen LogP contribution >= 0.6 is 0 Å². The highest BCUT2D eigenvalue weighted by Gasteiger charge is 2.03. The number of hydrogen-bond donors (Lipinski definition) is 1. The van der Waals surface area contributed by atoms with Crippen molar-refractivity contribution in [3.8, 4) is 11.5 Å². The Labute approximate surface area is 154 Å². The van der Waals surface area contributed by atoms with Crippen LogP contribution in [0.2, 0.25) is 0 Å². The maximum atomic E-state index is 12.1. The van der Waals surface area contributed by atoms with Crippen molar-refractivity contribution in [3.05, 3.63) is 90.5 Å². The molecule has 132 valence electrons. The number of rotatable bonds is 8. The molecule has 3 heteroatoms. The van der Waals surface area contributed by atoms with Crippen LogP contribution in [-0.2, 0) is 11.2 Å². The van der Waals surface area contributed by atoms with E-state index in [-0.39, 0.29) is 5.91 Å². The number of benzene rings is 3. The first-order chi connectivity index (χ1) is 12.8. The lowest BCUT2D eigenvalue weighted by Gasteiger charge is -2.08. The smallest absolute Gasteiger partial charge is 0.224 e. The van der Waals surface area contributed by atoms with Crippen LogP contribution in [0.25, 0.3) is 0 Å². The zero-order valence-corrected chi connectivity index (χ0v) is 14.7. The zero-order chi connectivity index (χ0) is 18.0. The zero-order valence-electron chi connectivity index (χ0n) is 14.7. The third-order valence-electron chi connectivity index (χ3n) is 4.08. The Morgan fingerprint density at radius 2 is 1.35 bits per heavy atom. The normalized spacial score (nSPS) is 10.3. The van der Waals surface area contributed by atoms with E-state index in [4.69, 9.17) is 4.74 Å². The molecule has 0 aliphatic rings. The highest BCUT2D eigenvalue weighted by atomic mass is 16.5. The molecule has 0 fully saturated rings. The minimum atomic E-state index is 0.0507. The molecule has 0 radical (unpaired) electrons. The van der Waals surface area contributed by atoms with E-state index in [1.807, 2.05) is 72.8 Å². The predicted molar refractivity (Wildman–Crippen MR) is 106 cm³/mol. The van der Waals surface area contributed by atoms with Gasteiger partial charge in [-0.2, -0.15) is 0 Å². The van der Waals surface area contributed by atoms with Crippen LogP contribution < -0.4 is 10.1 Å². The van der Waals surface area contributed by atoms with Crippen molar-refractivity contribution in [1.82, 2.24) is 0 Å². The summed E-state index contributed by atoms with van der Waals surface area (Å²) in [5, 5.41) is 2.94. The van der Waals surface area contributed by atoms with Crippen LogP contribution in [-0.4, -0.2) is 5.91 Å². The highest BCUT2D eigenvalue weighted by Crippen LogP contribution is 2.22. The van der Waals surface area contributed by atoms with Crippen molar-refractivity contribution < 1.29 is 9.53 Å². The van der Waals surface area contributed by atoms with E-state index in [0.717, 1.165) is 36.4 Å². The number of carbonyl (C=O) groups is 1. The molecule has 0 aliphatic heterocycles. The monoisotopic (exact) mass is 345 g/mol. The van der Waals surface area contributed by atoms with Gasteiger partial charge in [0.1, 0.15) is 11.5 Å². The molecule has 3 aromatic rings. The molecule has 0 aliphatic carbocycles. The molecule has 1 N–H and O–H groups in total. The number of amides is 1. The summed E-state index contributed by atoms with van der Waals surface area (Å²) in [6.45, 7) is 0. The Morgan fingerprint density at radius 3 is 2.04 bits per heavy atom. The second kappa shape index (κ2) is 9.42. The summed E-state index contributed by atoms with van der Waals surface area (Å²) in [5.74, 6) is 1.59.